The van der Waals surface area contributed by atoms with Gasteiger partial charge in [0.2, 0.25) is 0 Å². The highest BCUT2D eigenvalue weighted by Gasteiger charge is 2.23. The lowest BCUT2D eigenvalue weighted by Gasteiger charge is -2.19. The van der Waals surface area contributed by atoms with Crippen molar-refractivity contribution in [1.29, 1.82) is 0 Å². The zero-order valence-electron chi connectivity index (χ0n) is 11.6. The van der Waals surface area contributed by atoms with E-state index in [9.17, 15) is 20.0 Å². The highest BCUT2D eigenvalue weighted by atomic mass is 16.6. The van der Waals surface area contributed by atoms with E-state index < -0.39 is 16.9 Å². The van der Waals surface area contributed by atoms with E-state index in [1.807, 2.05) is 0 Å². The molecule has 0 bridgehead atoms. The third-order valence-electron chi connectivity index (χ3n) is 3.93. The predicted octanol–water partition coefficient (Wildman–Crippen LogP) is 1.66. The van der Waals surface area contributed by atoms with E-state index in [0.29, 0.717) is 12.2 Å². The van der Waals surface area contributed by atoms with E-state index in [1.165, 1.54) is 12.1 Å². The van der Waals surface area contributed by atoms with Gasteiger partial charge >= 0.3 is 0 Å². The molecule has 7 nitrogen and oxygen atoms in total. The first-order valence-electron chi connectivity index (χ1n) is 6.99. The van der Waals surface area contributed by atoms with Gasteiger partial charge in [-0.2, -0.15) is 0 Å². The second kappa shape index (κ2) is 6.53. The Morgan fingerprint density at radius 1 is 1.48 bits per heavy atom. The monoisotopic (exact) mass is 293 g/mol. The van der Waals surface area contributed by atoms with Gasteiger partial charge in [-0.15, -0.1) is 0 Å². The van der Waals surface area contributed by atoms with E-state index >= 15 is 0 Å². The summed E-state index contributed by atoms with van der Waals surface area (Å²) in [6.07, 6.45) is 3.78. The number of carbonyl (C=O) groups excluding carboxylic acids is 1. The predicted molar refractivity (Wildman–Crippen MR) is 78.1 cm³/mol. The molecule has 1 aromatic rings. The van der Waals surface area contributed by atoms with Crippen LogP contribution in [0.2, 0.25) is 0 Å². The fraction of sp³-hybridized carbons (Fsp3) is 0.500. The molecule has 4 N–H and O–H groups in total. The summed E-state index contributed by atoms with van der Waals surface area (Å²) in [4.78, 5) is 21.5. The Labute approximate surface area is 122 Å². The van der Waals surface area contributed by atoms with Gasteiger partial charge in [0.15, 0.2) is 0 Å². The largest absolute Gasteiger partial charge is 0.391 e. The number of nitro benzene ring substituents is 1. The molecule has 1 unspecified atom stereocenters. The Morgan fingerprint density at radius 3 is 2.71 bits per heavy atom. The molecular formula is C14H19N3O4. The molecule has 114 valence electrons. The van der Waals surface area contributed by atoms with E-state index in [0.717, 1.165) is 31.7 Å². The molecule has 0 saturated heterocycles. The van der Waals surface area contributed by atoms with E-state index in [2.05, 4.69) is 5.32 Å². The minimum Gasteiger partial charge on any atom is -0.391 e. The summed E-state index contributed by atoms with van der Waals surface area (Å²) in [7, 11) is 0. The highest BCUT2D eigenvalue weighted by Crippen LogP contribution is 2.28. The number of nitrogens with zero attached hydrogens (tertiary/aromatic N) is 1. The zero-order chi connectivity index (χ0) is 15.4. The van der Waals surface area contributed by atoms with Crippen molar-refractivity contribution in [3.8, 4) is 0 Å². The third kappa shape index (κ3) is 3.69. The number of hydrogen-bond donors (Lipinski definition) is 3. The summed E-state index contributed by atoms with van der Waals surface area (Å²) in [5.41, 5.74) is 5.52. The lowest BCUT2D eigenvalue weighted by molar-refractivity contribution is -0.384. The van der Waals surface area contributed by atoms with Crippen molar-refractivity contribution in [1.82, 2.24) is 0 Å². The molecule has 1 aromatic carbocycles. The van der Waals surface area contributed by atoms with Crippen LogP contribution in [0.4, 0.5) is 11.4 Å². The molecule has 0 aromatic heterocycles. The smallest absolute Gasteiger partial charge is 0.270 e. The van der Waals surface area contributed by atoms with Crippen molar-refractivity contribution in [2.75, 3.05) is 11.9 Å². The lowest BCUT2D eigenvalue weighted by Crippen LogP contribution is -2.27. The number of primary amides is 1. The number of anilines is 1. The Balaban J connectivity index is 2.08. The molecule has 1 saturated carbocycles. The Kier molecular flexibility index (Phi) is 4.74. The quantitative estimate of drug-likeness (QED) is 0.544. The van der Waals surface area contributed by atoms with Crippen LogP contribution in [0.25, 0.3) is 0 Å². The zero-order valence-corrected chi connectivity index (χ0v) is 11.6. The maximum atomic E-state index is 11.4. The Morgan fingerprint density at radius 2 is 2.14 bits per heavy atom. The van der Waals surface area contributed by atoms with Gasteiger partial charge in [-0.05, 0) is 24.8 Å². The number of carbonyl (C=O) groups is 1. The van der Waals surface area contributed by atoms with Crippen molar-refractivity contribution in [2.45, 2.75) is 31.8 Å². The fourth-order valence-corrected chi connectivity index (χ4v) is 2.73. The highest BCUT2D eigenvalue weighted by molar-refractivity contribution is 5.99. The summed E-state index contributed by atoms with van der Waals surface area (Å²) in [6, 6.07) is 3.89. The molecule has 21 heavy (non-hydrogen) atoms. The second-order valence-electron chi connectivity index (χ2n) is 5.34. The molecule has 0 spiro atoms. The van der Waals surface area contributed by atoms with Crippen LogP contribution in [-0.2, 0) is 0 Å². The number of benzene rings is 1. The minimum atomic E-state index is -0.739. The number of nitrogens with two attached hydrogens (primary N) is 1. The first kappa shape index (κ1) is 15.2. The van der Waals surface area contributed by atoms with Gasteiger partial charge in [-0.25, -0.2) is 0 Å². The maximum absolute atomic E-state index is 11.4. The summed E-state index contributed by atoms with van der Waals surface area (Å²) >= 11 is 0. The number of non-ortho nitro benzene ring substituents is 1. The average Bonchev–Trinajstić information content (AvgIpc) is 2.98. The summed E-state index contributed by atoms with van der Waals surface area (Å²) in [5, 5.41) is 23.8. The summed E-state index contributed by atoms with van der Waals surface area (Å²) in [6.45, 7) is 0.294. The normalized spacial score (nSPS) is 16.6. The second-order valence-corrected chi connectivity index (χ2v) is 5.34. The van der Waals surface area contributed by atoms with E-state index in [-0.39, 0.29) is 17.2 Å². The Hall–Kier alpha value is -2.15. The van der Waals surface area contributed by atoms with Gasteiger partial charge in [0, 0.05) is 24.4 Å². The SMILES string of the molecule is NC(=O)c1cc([N+](=O)[O-])ccc1NCC(O)C1CCCC1. The van der Waals surface area contributed by atoms with Crippen LogP contribution in [-0.4, -0.2) is 28.6 Å². The molecule has 1 fully saturated rings. The topological polar surface area (TPSA) is 118 Å². The first-order valence-corrected chi connectivity index (χ1v) is 6.99. The lowest BCUT2D eigenvalue weighted by atomic mass is 10.0. The maximum Gasteiger partial charge on any atom is 0.270 e. The van der Waals surface area contributed by atoms with E-state index in [4.69, 9.17) is 5.73 Å². The van der Waals surface area contributed by atoms with Crippen LogP contribution >= 0.6 is 0 Å². The van der Waals surface area contributed by atoms with Crippen LogP contribution in [0.1, 0.15) is 36.0 Å². The van der Waals surface area contributed by atoms with Crippen molar-refractivity contribution in [3.05, 3.63) is 33.9 Å². The van der Waals surface area contributed by atoms with Gasteiger partial charge < -0.3 is 16.2 Å². The van der Waals surface area contributed by atoms with Crippen LogP contribution in [0.3, 0.4) is 0 Å². The van der Waals surface area contributed by atoms with Crippen molar-refractivity contribution < 1.29 is 14.8 Å². The van der Waals surface area contributed by atoms with E-state index in [1.54, 1.807) is 0 Å². The molecule has 1 atom stereocenters. The van der Waals surface area contributed by atoms with Crippen molar-refractivity contribution in [2.24, 2.45) is 11.7 Å². The Bertz CT molecular complexity index is 541. The van der Waals surface area contributed by atoms with Crippen LogP contribution in [0.15, 0.2) is 18.2 Å². The number of nitrogens with one attached hydrogen (secondary N) is 1. The molecule has 1 amide bonds. The summed E-state index contributed by atoms with van der Waals surface area (Å²) in [5.74, 6) is -0.468. The number of hydrogen-bond acceptors (Lipinski definition) is 5. The fourth-order valence-electron chi connectivity index (χ4n) is 2.73. The molecule has 0 aliphatic heterocycles. The first-order chi connectivity index (χ1) is 9.99. The number of aliphatic hydroxyl groups excluding tert-OH is 1. The van der Waals surface area contributed by atoms with Gasteiger partial charge in [-0.3, -0.25) is 14.9 Å². The molecule has 2 rings (SSSR count). The van der Waals surface area contributed by atoms with Crippen molar-refractivity contribution >= 4 is 17.3 Å². The standard InChI is InChI=1S/C14H19N3O4/c15-14(19)11-7-10(17(20)21)5-6-12(11)16-8-13(18)9-3-1-2-4-9/h5-7,9,13,16,18H,1-4,8H2,(H2,15,19). The van der Waals surface area contributed by atoms with Gasteiger partial charge in [0.25, 0.3) is 11.6 Å². The molecule has 0 heterocycles. The number of rotatable bonds is 6. The number of aliphatic hydroxyl groups is 1. The average molecular weight is 293 g/mol. The number of amides is 1. The van der Waals surface area contributed by atoms with Gasteiger partial charge in [0.05, 0.1) is 16.6 Å². The van der Waals surface area contributed by atoms with Crippen LogP contribution in [0.5, 0.6) is 0 Å². The molecule has 1 aliphatic carbocycles. The minimum absolute atomic E-state index is 0.0582. The van der Waals surface area contributed by atoms with Gasteiger partial charge in [0.1, 0.15) is 0 Å². The number of nitro groups is 1. The molecular weight excluding hydrogens is 274 g/mol. The molecule has 1 aliphatic rings. The molecule has 7 heteroatoms. The van der Waals surface area contributed by atoms with Crippen LogP contribution in [0, 0.1) is 16.0 Å². The van der Waals surface area contributed by atoms with Crippen LogP contribution < -0.4 is 11.1 Å². The van der Waals surface area contributed by atoms with Gasteiger partial charge in [-0.1, -0.05) is 12.8 Å². The van der Waals surface area contributed by atoms with Crippen molar-refractivity contribution in [3.63, 3.8) is 0 Å². The molecule has 0 radical (unpaired) electrons. The third-order valence-corrected chi connectivity index (χ3v) is 3.93. The summed E-state index contributed by atoms with van der Waals surface area (Å²) < 4.78 is 0.